The number of hydrogen-bond donors (Lipinski definition) is 2. The summed E-state index contributed by atoms with van der Waals surface area (Å²) >= 11 is 0. The highest BCUT2D eigenvalue weighted by atomic mass is 14.8. The van der Waals surface area contributed by atoms with E-state index in [9.17, 15) is 0 Å². The van der Waals surface area contributed by atoms with Gasteiger partial charge in [0.2, 0.25) is 0 Å². The third-order valence-corrected chi connectivity index (χ3v) is 15.1. The molecule has 0 unspecified atom stereocenters. The number of benzene rings is 8. The number of nitrogens with one attached hydrogen (secondary N) is 2. The number of fused-ring (bicyclic) bond motifs is 8. The molecule has 76 heavy (non-hydrogen) atoms. The lowest BCUT2D eigenvalue weighted by atomic mass is 9.84. The first kappa shape index (κ1) is 46.2. The predicted octanol–water partition coefficient (Wildman–Crippen LogP) is 17.4. The van der Waals surface area contributed by atoms with Crippen molar-refractivity contribution in [3.8, 4) is 0 Å². The lowest BCUT2D eigenvalue weighted by Gasteiger charge is -2.22. The van der Waals surface area contributed by atoms with E-state index in [1.54, 1.807) is 0 Å². The van der Waals surface area contributed by atoms with Crippen LogP contribution in [0.3, 0.4) is 0 Å². The SMILES string of the molecule is C1=Cc2nc1c(C(c1ccccc1)c1ccccc1)c1ccc([nH]1)c(C(c1ccccc1)c1ccccc1)c1nc(c(C(c3ccccc3)c3ccccc3)c3ccc([nH]3)c2C(c2ccccc2)c2ccccc2)C=C1. The van der Waals surface area contributed by atoms with E-state index < -0.39 is 0 Å². The van der Waals surface area contributed by atoms with Gasteiger partial charge in [0.1, 0.15) is 0 Å². The van der Waals surface area contributed by atoms with Gasteiger partial charge in [-0.3, -0.25) is 0 Å². The molecule has 5 heterocycles. The number of hydrogen-bond acceptors (Lipinski definition) is 2. The van der Waals surface area contributed by atoms with Crippen LogP contribution in [-0.4, -0.2) is 19.9 Å². The molecule has 8 aromatic carbocycles. The summed E-state index contributed by atoms with van der Waals surface area (Å²) in [6, 6.07) is 96.1. The van der Waals surface area contributed by atoms with E-state index in [-0.39, 0.29) is 23.7 Å². The fourth-order valence-corrected chi connectivity index (χ4v) is 11.8. The smallest absolute Gasteiger partial charge is 0.0700 e. The van der Waals surface area contributed by atoms with E-state index in [4.69, 9.17) is 9.97 Å². The van der Waals surface area contributed by atoms with Crippen molar-refractivity contribution >= 4 is 46.4 Å². The van der Waals surface area contributed by atoms with Gasteiger partial charge in [-0.2, -0.15) is 0 Å². The highest BCUT2D eigenvalue weighted by molar-refractivity contribution is 5.86. The van der Waals surface area contributed by atoms with Gasteiger partial charge >= 0.3 is 0 Å². The Morgan fingerprint density at radius 1 is 0.197 bits per heavy atom. The summed E-state index contributed by atoms with van der Waals surface area (Å²) in [7, 11) is 0. The minimum Gasteiger partial charge on any atom is -0.355 e. The van der Waals surface area contributed by atoms with Gasteiger partial charge in [0.15, 0.2) is 0 Å². The normalized spacial score (nSPS) is 12.1. The van der Waals surface area contributed by atoms with Gasteiger partial charge in [0.25, 0.3) is 0 Å². The predicted molar refractivity (Wildman–Crippen MR) is 314 cm³/mol. The molecule has 2 aliphatic rings. The topological polar surface area (TPSA) is 57.4 Å². The van der Waals surface area contributed by atoms with Crippen LogP contribution in [0.2, 0.25) is 0 Å². The molecule has 0 atom stereocenters. The van der Waals surface area contributed by atoms with Crippen LogP contribution in [0.4, 0.5) is 0 Å². The van der Waals surface area contributed by atoms with E-state index in [1.807, 2.05) is 0 Å². The quantitative estimate of drug-likeness (QED) is 0.128. The van der Waals surface area contributed by atoms with Crippen molar-refractivity contribution in [1.82, 2.24) is 19.9 Å². The first-order chi connectivity index (χ1) is 37.7. The van der Waals surface area contributed by atoms with Gasteiger partial charge in [0.05, 0.1) is 22.8 Å². The summed E-state index contributed by atoms with van der Waals surface area (Å²) < 4.78 is 0. The molecule has 0 saturated carbocycles. The van der Waals surface area contributed by atoms with Crippen LogP contribution < -0.4 is 0 Å². The fourth-order valence-electron chi connectivity index (χ4n) is 11.8. The maximum absolute atomic E-state index is 5.88. The van der Waals surface area contributed by atoms with E-state index in [0.717, 1.165) is 67.1 Å². The van der Waals surface area contributed by atoms with Crippen molar-refractivity contribution in [2.75, 3.05) is 0 Å². The third kappa shape index (κ3) is 8.90. The molecule has 3 aromatic heterocycles. The molecule has 0 fully saturated rings. The molecule has 0 aliphatic carbocycles. The lowest BCUT2D eigenvalue weighted by molar-refractivity contribution is 0.950. The Labute approximate surface area is 444 Å². The minimum absolute atomic E-state index is 0.175. The zero-order valence-corrected chi connectivity index (χ0v) is 41.9. The maximum atomic E-state index is 5.88. The zero-order chi connectivity index (χ0) is 50.6. The van der Waals surface area contributed by atoms with Gasteiger partial charge in [-0.1, -0.05) is 243 Å². The van der Waals surface area contributed by atoms with Crippen molar-refractivity contribution in [2.24, 2.45) is 0 Å². The van der Waals surface area contributed by atoms with Crippen molar-refractivity contribution < 1.29 is 0 Å². The second-order valence-corrected chi connectivity index (χ2v) is 19.7. The van der Waals surface area contributed by atoms with Crippen LogP contribution in [0.1, 0.15) is 113 Å². The first-order valence-electron chi connectivity index (χ1n) is 26.3. The summed E-state index contributed by atoms with van der Waals surface area (Å²) in [5.74, 6) is -0.699. The van der Waals surface area contributed by atoms with Crippen LogP contribution in [0.5, 0.6) is 0 Å². The summed E-state index contributed by atoms with van der Waals surface area (Å²) in [5, 5.41) is 0. The van der Waals surface area contributed by atoms with Crippen molar-refractivity contribution in [3.63, 3.8) is 0 Å². The van der Waals surface area contributed by atoms with Gasteiger partial charge in [-0.15, -0.1) is 0 Å². The number of rotatable bonds is 12. The average molecular weight is 975 g/mol. The molecule has 13 rings (SSSR count). The standard InChI is InChI=1S/C72H54N4/c1-9-25-49(26-10-1)65(50-27-11-2-12-28-50)69-57-41-43-59(73-57)70(66(51-29-13-3-14-30-51)52-31-15-4-16-32-52)61-45-47-63(75-61)72(68(55-37-21-7-22-38-55)56-39-23-8-24-40-56)64-48-46-62(76-64)71(60-44-42-58(69)74-60)67(53-33-17-5-18-34-53)54-35-19-6-20-36-54/h1-48,65-68,73,76H. The van der Waals surface area contributed by atoms with Gasteiger partial charge in [-0.25, -0.2) is 9.97 Å². The van der Waals surface area contributed by atoms with Crippen LogP contribution in [0.25, 0.3) is 46.4 Å². The van der Waals surface area contributed by atoms with Crippen LogP contribution >= 0.6 is 0 Å². The van der Waals surface area contributed by atoms with Crippen molar-refractivity contribution in [3.05, 3.63) is 356 Å². The van der Waals surface area contributed by atoms with E-state index in [2.05, 4.69) is 301 Å². The van der Waals surface area contributed by atoms with Crippen LogP contribution in [0.15, 0.2) is 267 Å². The molecule has 8 bridgehead atoms. The third-order valence-electron chi connectivity index (χ3n) is 15.1. The zero-order valence-electron chi connectivity index (χ0n) is 41.9. The molecule has 0 spiro atoms. The van der Waals surface area contributed by atoms with E-state index in [1.165, 1.54) is 44.5 Å². The van der Waals surface area contributed by atoms with E-state index >= 15 is 0 Å². The van der Waals surface area contributed by atoms with Crippen LogP contribution in [0, 0.1) is 0 Å². The number of H-pyrrole nitrogens is 2. The molecule has 0 radical (unpaired) electrons. The van der Waals surface area contributed by atoms with Gasteiger partial charge in [-0.05, 0) is 93.1 Å². The molecule has 4 nitrogen and oxygen atoms in total. The monoisotopic (exact) mass is 974 g/mol. The Bertz CT molecular complexity index is 3340. The highest BCUT2D eigenvalue weighted by Crippen LogP contribution is 2.44. The molecular formula is C72H54N4. The van der Waals surface area contributed by atoms with Gasteiger partial charge < -0.3 is 9.97 Å². The average Bonchev–Trinajstić information content (AvgIpc) is 4.36. The second kappa shape index (κ2) is 20.7. The fraction of sp³-hybridized carbons (Fsp3) is 0.0556. The number of aromatic nitrogens is 4. The Morgan fingerprint density at radius 2 is 0.355 bits per heavy atom. The molecular weight excluding hydrogens is 921 g/mol. The number of aromatic amines is 2. The molecule has 0 saturated heterocycles. The van der Waals surface area contributed by atoms with Crippen molar-refractivity contribution in [2.45, 2.75) is 23.7 Å². The highest BCUT2D eigenvalue weighted by Gasteiger charge is 2.30. The molecule has 2 aliphatic heterocycles. The second-order valence-electron chi connectivity index (χ2n) is 19.7. The Morgan fingerprint density at radius 3 is 0.513 bits per heavy atom. The molecule has 2 N–H and O–H groups in total. The Hall–Kier alpha value is -9.64. The summed E-state index contributed by atoms with van der Waals surface area (Å²) in [6.45, 7) is 0. The largest absolute Gasteiger partial charge is 0.355 e. The number of nitrogens with zero attached hydrogens (tertiary/aromatic N) is 2. The Balaban J connectivity index is 1.23. The molecule has 4 heteroatoms. The molecule has 11 aromatic rings. The van der Waals surface area contributed by atoms with E-state index in [0.29, 0.717) is 0 Å². The summed E-state index contributed by atoms with van der Waals surface area (Å²) in [4.78, 5) is 20.0. The lowest BCUT2D eigenvalue weighted by Crippen LogP contribution is -2.08. The summed E-state index contributed by atoms with van der Waals surface area (Å²) in [5.41, 5.74) is 21.3. The van der Waals surface area contributed by atoms with Crippen molar-refractivity contribution in [1.29, 1.82) is 0 Å². The Kier molecular flexibility index (Phi) is 12.6. The summed E-state index contributed by atoms with van der Waals surface area (Å²) in [6.07, 6.45) is 8.96. The van der Waals surface area contributed by atoms with Gasteiger partial charge in [0, 0.05) is 68.0 Å². The maximum Gasteiger partial charge on any atom is 0.0700 e. The molecule has 362 valence electrons. The minimum atomic E-state index is -0.175. The van der Waals surface area contributed by atoms with Crippen LogP contribution in [-0.2, 0) is 0 Å². The molecule has 0 amide bonds. The first-order valence-corrected chi connectivity index (χ1v) is 26.3.